The molecule has 0 fully saturated rings. The van der Waals surface area contributed by atoms with E-state index in [2.05, 4.69) is 125 Å². The Morgan fingerprint density at radius 2 is 0.788 bits per heavy atom. The Morgan fingerprint density at radius 1 is 0.404 bits per heavy atom. The first kappa shape index (κ1) is 29.1. The molecule has 4 heterocycles. The van der Waals surface area contributed by atoms with Gasteiger partial charge in [-0.05, 0) is 136 Å². The van der Waals surface area contributed by atoms with E-state index in [4.69, 9.17) is 9.47 Å². The molecule has 0 aromatic heterocycles. The maximum Gasteiger partial charge on any atom is 0.244 e. The first-order valence-corrected chi connectivity index (χ1v) is 18.9. The van der Waals surface area contributed by atoms with Crippen LogP contribution in [0, 0.1) is 0 Å². The lowest BCUT2D eigenvalue weighted by Gasteiger charge is -2.33. The molecule has 0 bridgehead atoms. The van der Waals surface area contributed by atoms with Gasteiger partial charge in [0.05, 0.1) is 14.2 Å². The molecule has 4 aliphatic rings. The van der Waals surface area contributed by atoms with Crippen molar-refractivity contribution in [2.24, 2.45) is 0 Å². The zero-order valence-corrected chi connectivity index (χ0v) is 30.4. The average molecular weight is 666 g/mol. The fourth-order valence-corrected chi connectivity index (χ4v) is 11.1. The molecule has 0 unspecified atom stereocenters. The van der Waals surface area contributed by atoms with Crippen LogP contribution < -0.4 is 42.3 Å². The van der Waals surface area contributed by atoms with Crippen LogP contribution in [0.4, 0.5) is 0 Å². The summed E-state index contributed by atoms with van der Waals surface area (Å²) in [6.07, 6.45) is 0. The SMILES string of the molecule is COc1cc2c3c(c1)-c1cc(C(C)C)c4cc5c6c(cc(C(C)C)c7cc(c1c4c76)B3c1ccccc1-2)-c1cc(OC)cc2c1B5c1ccccc1-2. The Bertz CT molecular complexity index is 2750. The van der Waals surface area contributed by atoms with Crippen LogP contribution in [0.5, 0.6) is 11.5 Å². The van der Waals surface area contributed by atoms with Gasteiger partial charge < -0.3 is 9.47 Å². The van der Waals surface area contributed by atoms with Crippen molar-refractivity contribution in [3.05, 3.63) is 108 Å². The van der Waals surface area contributed by atoms with E-state index >= 15 is 0 Å². The minimum Gasteiger partial charge on any atom is -0.497 e. The second kappa shape index (κ2) is 9.69. The van der Waals surface area contributed by atoms with Gasteiger partial charge in [-0.1, -0.05) is 121 Å². The van der Waals surface area contributed by atoms with Crippen LogP contribution in [-0.4, -0.2) is 27.6 Å². The fraction of sp³-hybridized carbons (Fsp3) is 0.167. The van der Waals surface area contributed by atoms with Gasteiger partial charge in [-0.15, -0.1) is 0 Å². The van der Waals surface area contributed by atoms with E-state index in [1.54, 1.807) is 14.2 Å². The second-order valence-corrected chi connectivity index (χ2v) is 16.2. The lowest BCUT2D eigenvalue weighted by atomic mass is 9.34. The fourth-order valence-electron chi connectivity index (χ4n) is 11.1. The molecule has 0 N–H and O–H groups in total. The topological polar surface area (TPSA) is 18.5 Å². The Hall–Kier alpha value is -5.47. The van der Waals surface area contributed by atoms with Crippen molar-refractivity contribution in [2.75, 3.05) is 14.2 Å². The van der Waals surface area contributed by atoms with Crippen LogP contribution in [0.1, 0.15) is 50.7 Å². The highest BCUT2D eigenvalue weighted by Crippen LogP contribution is 2.50. The van der Waals surface area contributed by atoms with E-state index < -0.39 is 0 Å². The maximum atomic E-state index is 6.03. The van der Waals surface area contributed by atoms with Crippen molar-refractivity contribution < 1.29 is 9.47 Å². The third-order valence-corrected chi connectivity index (χ3v) is 13.2. The van der Waals surface area contributed by atoms with E-state index in [1.165, 1.54) is 121 Å². The molecule has 246 valence electrons. The lowest BCUT2D eigenvalue weighted by molar-refractivity contribution is 0.415. The van der Waals surface area contributed by atoms with Crippen LogP contribution >= 0.6 is 0 Å². The summed E-state index contributed by atoms with van der Waals surface area (Å²) < 4.78 is 12.1. The molecule has 0 saturated heterocycles. The monoisotopic (exact) mass is 666 g/mol. The van der Waals surface area contributed by atoms with Gasteiger partial charge in [0, 0.05) is 0 Å². The molecule has 0 radical (unpaired) electrons. The number of hydrogen-bond acceptors (Lipinski definition) is 2. The van der Waals surface area contributed by atoms with Crippen molar-refractivity contribution in [3.63, 3.8) is 0 Å². The van der Waals surface area contributed by atoms with Gasteiger partial charge in [0.15, 0.2) is 0 Å². The summed E-state index contributed by atoms with van der Waals surface area (Å²) in [7, 11) is 3.61. The summed E-state index contributed by atoms with van der Waals surface area (Å²) in [6.45, 7) is 9.85. The highest BCUT2D eigenvalue weighted by Gasteiger charge is 2.45. The van der Waals surface area contributed by atoms with Gasteiger partial charge in [-0.25, -0.2) is 0 Å². The molecule has 0 amide bonds. The third-order valence-electron chi connectivity index (χ3n) is 13.2. The third kappa shape index (κ3) is 3.27. The van der Waals surface area contributed by atoms with Gasteiger partial charge in [-0.3, -0.25) is 0 Å². The van der Waals surface area contributed by atoms with Crippen molar-refractivity contribution >= 4 is 78.5 Å². The largest absolute Gasteiger partial charge is 0.497 e. The molecule has 4 heteroatoms. The number of benzene rings is 8. The molecule has 0 atom stereocenters. The molecule has 0 spiro atoms. The van der Waals surface area contributed by atoms with Crippen molar-refractivity contribution in [1.29, 1.82) is 0 Å². The molecule has 4 aliphatic heterocycles. The molecular weight excluding hydrogens is 630 g/mol. The highest BCUT2D eigenvalue weighted by atomic mass is 16.5. The van der Waals surface area contributed by atoms with Gasteiger partial charge >= 0.3 is 0 Å². The molecule has 2 nitrogen and oxygen atoms in total. The lowest BCUT2D eigenvalue weighted by Crippen LogP contribution is -2.53. The van der Waals surface area contributed by atoms with E-state index in [1.807, 2.05) is 0 Å². The van der Waals surface area contributed by atoms with Gasteiger partial charge in [0.1, 0.15) is 11.5 Å². The molecule has 0 aliphatic carbocycles. The molecule has 0 saturated carbocycles. The smallest absolute Gasteiger partial charge is 0.244 e. The van der Waals surface area contributed by atoms with Crippen LogP contribution in [0.3, 0.4) is 0 Å². The van der Waals surface area contributed by atoms with Crippen LogP contribution in [0.2, 0.25) is 0 Å². The quantitative estimate of drug-likeness (QED) is 0.141. The Morgan fingerprint density at radius 3 is 1.17 bits per heavy atom. The van der Waals surface area contributed by atoms with Gasteiger partial charge in [0.2, 0.25) is 13.4 Å². The maximum absolute atomic E-state index is 6.03. The highest BCUT2D eigenvalue weighted by molar-refractivity contribution is 7.03. The van der Waals surface area contributed by atoms with E-state index in [0.717, 1.165) is 11.5 Å². The van der Waals surface area contributed by atoms with E-state index in [-0.39, 0.29) is 13.4 Å². The second-order valence-electron chi connectivity index (χ2n) is 16.2. The molecule has 52 heavy (non-hydrogen) atoms. The zero-order chi connectivity index (χ0) is 34.9. The number of methoxy groups -OCH3 is 2. The Kier molecular flexibility index (Phi) is 5.43. The van der Waals surface area contributed by atoms with E-state index in [0.29, 0.717) is 11.8 Å². The predicted octanol–water partition coefficient (Wildman–Crippen LogP) is 7.80. The first-order valence-electron chi connectivity index (χ1n) is 18.9. The molecule has 12 rings (SSSR count). The average Bonchev–Trinajstić information content (AvgIpc) is 3.68. The summed E-state index contributed by atoms with van der Waals surface area (Å²) in [5, 5.41) is 8.54. The number of fused-ring (bicyclic) bond motifs is 10. The van der Waals surface area contributed by atoms with Gasteiger partial charge in [-0.2, -0.15) is 0 Å². The molecule has 8 aromatic carbocycles. The number of hydrogen-bond donors (Lipinski definition) is 0. The minimum atomic E-state index is 0.178. The first-order chi connectivity index (χ1) is 25.4. The van der Waals surface area contributed by atoms with Crippen molar-refractivity contribution in [1.82, 2.24) is 0 Å². The summed E-state index contributed by atoms with van der Waals surface area (Å²) in [6, 6.07) is 37.7. The summed E-state index contributed by atoms with van der Waals surface area (Å²) in [5.41, 5.74) is 22.1. The van der Waals surface area contributed by atoms with E-state index in [9.17, 15) is 0 Å². The minimum absolute atomic E-state index is 0.178. The van der Waals surface area contributed by atoms with Crippen LogP contribution in [-0.2, 0) is 0 Å². The van der Waals surface area contributed by atoms with Crippen LogP contribution in [0.15, 0.2) is 97.1 Å². The molecular formula is C48H36B2O2. The Labute approximate surface area is 304 Å². The number of rotatable bonds is 4. The predicted molar refractivity (Wildman–Crippen MR) is 222 cm³/mol. The van der Waals surface area contributed by atoms with Crippen LogP contribution in [0.25, 0.3) is 76.8 Å². The summed E-state index contributed by atoms with van der Waals surface area (Å²) in [4.78, 5) is 0. The Balaban J connectivity index is 1.34. The summed E-state index contributed by atoms with van der Waals surface area (Å²) in [5.74, 6) is 2.54. The number of ether oxygens (including phenoxy) is 2. The molecule has 8 aromatic rings. The van der Waals surface area contributed by atoms with Crippen molar-refractivity contribution in [2.45, 2.75) is 39.5 Å². The summed E-state index contributed by atoms with van der Waals surface area (Å²) >= 11 is 0. The zero-order valence-electron chi connectivity index (χ0n) is 30.4. The van der Waals surface area contributed by atoms with Crippen molar-refractivity contribution in [3.8, 4) is 56.0 Å². The normalized spacial score (nSPS) is 13.8. The standard InChI is InChI=1S/C48H36B2O2/c1-23(2)29-19-31-37-17-25(51-5)15-35-27-11-8-10-14-40(27)50(47(35)37)42-22-34-30(24(3)4)20-32-38-18-26(52-6)16-36-28-12-7-9-13-39(28)49(48(36)38)41-21-33(29)45(43(31)42)46(34)44(32)41/h7-24H,1-6H3. The van der Waals surface area contributed by atoms with Gasteiger partial charge in [0.25, 0.3) is 0 Å².